The number of nitrogens with zero attached hydrogens (tertiary/aromatic N) is 2. The Morgan fingerprint density at radius 1 is 1.19 bits per heavy atom. The number of hydrogen-bond donors (Lipinski definition) is 2. The van der Waals surface area contributed by atoms with Gasteiger partial charge >= 0.3 is 0 Å². The van der Waals surface area contributed by atoms with Gasteiger partial charge in [-0.3, -0.25) is 9.78 Å². The van der Waals surface area contributed by atoms with Crippen LogP contribution < -0.4 is 15.4 Å². The fraction of sp³-hybridized carbons (Fsp3) is 0.150. The highest BCUT2D eigenvalue weighted by Crippen LogP contribution is 2.31. The molecule has 2 N–H and O–H groups in total. The molecule has 0 atom stereocenters. The molecule has 0 radical (unpaired) electrons. The highest BCUT2D eigenvalue weighted by molar-refractivity contribution is 6.31. The highest BCUT2D eigenvalue weighted by Gasteiger charge is 2.12. The van der Waals surface area contributed by atoms with E-state index >= 15 is 0 Å². The minimum absolute atomic E-state index is 0.275. The Hall–Kier alpha value is -3.12. The minimum atomic E-state index is -0.275. The molecule has 0 unspecified atom stereocenters. The van der Waals surface area contributed by atoms with Crippen molar-refractivity contribution in [3.63, 3.8) is 0 Å². The molecule has 0 spiro atoms. The van der Waals surface area contributed by atoms with Gasteiger partial charge in [-0.2, -0.15) is 0 Å². The Labute approximate surface area is 162 Å². The summed E-state index contributed by atoms with van der Waals surface area (Å²) in [5.41, 5.74) is 2.95. The number of anilines is 2. The number of methoxy groups -OCH3 is 1. The van der Waals surface area contributed by atoms with Crippen LogP contribution in [0.5, 0.6) is 5.75 Å². The van der Waals surface area contributed by atoms with E-state index in [0.29, 0.717) is 34.4 Å². The maximum atomic E-state index is 12.5. The molecule has 0 bridgehead atoms. The molecule has 0 saturated heterocycles. The summed E-state index contributed by atoms with van der Waals surface area (Å²) in [4.78, 5) is 20.8. The van der Waals surface area contributed by atoms with Crippen molar-refractivity contribution in [3.05, 3.63) is 76.7 Å². The molecule has 27 heavy (non-hydrogen) atoms. The molecule has 0 aliphatic heterocycles. The number of ether oxygens (including phenoxy) is 1. The Morgan fingerprint density at radius 3 is 2.63 bits per heavy atom. The van der Waals surface area contributed by atoms with Gasteiger partial charge in [0.1, 0.15) is 11.6 Å². The first-order chi connectivity index (χ1) is 13.1. The lowest BCUT2D eigenvalue weighted by atomic mass is 10.2. The van der Waals surface area contributed by atoms with Gasteiger partial charge in [-0.25, -0.2) is 4.98 Å². The quantitative estimate of drug-likeness (QED) is 0.664. The van der Waals surface area contributed by atoms with Gasteiger partial charge in [0.25, 0.3) is 5.91 Å². The predicted octanol–water partition coefficient (Wildman–Crippen LogP) is 4.31. The number of nitrogens with one attached hydrogen (secondary N) is 2. The van der Waals surface area contributed by atoms with E-state index < -0.39 is 0 Å². The first-order valence-corrected chi connectivity index (χ1v) is 8.69. The molecule has 138 valence electrons. The minimum Gasteiger partial charge on any atom is -0.495 e. The number of hydrogen-bond acceptors (Lipinski definition) is 5. The number of carbonyl (C=O) groups is 1. The van der Waals surface area contributed by atoms with Crippen LogP contribution in [0.4, 0.5) is 11.5 Å². The van der Waals surface area contributed by atoms with Gasteiger partial charge in [-0.1, -0.05) is 11.6 Å². The van der Waals surface area contributed by atoms with E-state index in [2.05, 4.69) is 20.6 Å². The summed E-state index contributed by atoms with van der Waals surface area (Å²) in [5.74, 6) is 0.911. The largest absolute Gasteiger partial charge is 0.495 e. The molecular formula is C20H19ClN4O2. The van der Waals surface area contributed by atoms with Gasteiger partial charge in [0, 0.05) is 36.2 Å². The van der Waals surface area contributed by atoms with Crippen molar-refractivity contribution in [2.45, 2.75) is 13.5 Å². The number of amides is 1. The molecule has 0 aliphatic carbocycles. The number of aromatic nitrogens is 2. The van der Waals surface area contributed by atoms with Crippen LogP contribution >= 0.6 is 11.6 Å². The second-order valence-corrected chi connectivity index (χ2v) is 6.30. The summed E-state index contributed by atoms with van der Waals surface area (Å²) in [5, 5.41) is 6.62. The number of benzene rings is 1. The first kappa shape index (κ1) is 18.7. The molecule has 0 fully saturated rings. The van der Waals surface area contributed by atoms with Crippen LogP contribution in [0.15, 0.2) is 55.0 Å². The van der Waals surface area contributed by atoms with Crippen molar-refractivity contribution in [1.29, 1.82) is 0 Å². The van der Waals surface area contributed by atoms with E-state index in [1.54, 1.807) is 36.7 Å². The van der Waals surface area contributed by atoms with Crippen LogP contribution in [-0.2, 0) is 6.54 Å². The average molecular weight is 383 g/mol. The maximum absolute atomic E-state index is 12.5. The lowest BCUT2D eigenvalue weighted by Crippen LogP contribution is -2.13. The Balaban J connectivity index is 1.66. The maximum Gasteiger partial charge on any atom is 0.257 e. The zero-order valence-electron chi connectivity index (χ0n) is 15.0. The zero-order valence-corrected chi connectivity index (χ0v) is 15.7. The summed E-state index contributed by atoms with van der Waals surface area (Å²) in [6, 6.07) is 10.8. The first-order valence-electron chi connectivity index (χ1n) is 8.31. The monoisotopic (exact) mass is 382 g/mol. The average Bonchev–Trinajstić information content (AvgIpc) is 2.70. The second kappa shape index (κ2) is 8.51. The molecule has 0 saturated carbocycles. The number of pyridine rings is 2. The third-order valence-corrected chi connectivity index (χ3v) is 4.38. The predicted molar refractivity (Wildman–Crippen MR) is 106 cm³/mol. The third kappa shape index (κ3) is 4.74. The Kier molecular flexibility index (Phi) is 5.88. The van der Waals surface area contributed by atoms with E-state index in [4.69, 9.17) is 16.3 Å². The summed E-state index contributed by atoms with van der Waals surface area (Å²) in [7, 11) is 1.53. The van der Waals surface area contributed by atoms with E-state index in [-0.39, 0.29) is 5.91 Å². The van der Waals surface area contributed by atoms with Crippen molar-refractivity contribution >= 4 is 29.0 Å². The smallest absolute Gasteiger partial charge is 0.257 e. The van der Waals surface area contributed by atoms with Gasteiger partial charge < -0.3 is 15.4 Å². The van der Waals surface area contributed by atoms with Crippen LogP contribution in [0.1, 0.15) is 21.5 Å². The second-order valence-electron chi connectivity index (χ2n) is 5.90. The molecule has 7 heteroatoms. The molecule has 2 aromatic heterocycles. The molecule has 0 aliphatic rings. The van der Waals surface area contributed by atoms with Gasteiger partial charge in [0.2, 0.25) is 0 Å². The van der Waals surface area contributed by atoms with Crippen LogP contribution in [0.2, 0.25) is 5.02 Å². The van der Waals surface area contributed by atoms with E-state index in [0.717, 1.165) is 11.1 Å². The standard InChI is InChI=1S/C20H19ClN4O2/c1-13-9-17(18(27-2)10-16(13)21)25-20(26)15-3-4-19(24-12-15)23-11-14-5-7-22-8-6-14/h3-10,12H,11H2,1-2H3,(H,23,24)(H,25,26). The summed E-state index contributed by atoms with van der Waals surface area (Å²) < 4.78 is 5.28. The third-order valence-electron chi connectivity index (χ3n) is 3.98. The van der Waals surface area contributed by atoms with Crippen LogP contribution in [0, 0.1) is 6.92 Å². The summed E-state index contributed by atoms with van der Waals surface area (Å²) in [6.45, 7) is 2.49. The fourth-order valence-electron chi connectivity index (χ4n) is 2.45. The van der Waals surface area contributed by atoms with Crippen LogP contribution in [-0.4, -0.2) is 23.0 Å². The van der Waals surface area contributed by atoms with Crippen LogP contribution in [0.25, 0.3) is 0 Å². The van der Waals surface area contributed by atoms with Gasteiger partial charge in [0.15, 0.2) is 0 Å². The summed E-state index contributed by atoms with van der Waals surface area (Å²) in [6.07, 6.45) is 5.01. The fourth-order valence-corrected chi connectivity index (χ4v) is 2.60. The molecule has 3 rings (SSSR count). The highest BCUT2D eigenvalue weighted by atomic mass is 35.5. The molecule has 1 amide bonds. The van der Waals surface area contributed by atoms with Crippen molar-refractivity contribution < 1.29 is 9.53 Å². The Bertz CT molecular complexity index is 931. The van der Waals surface area contributed by atoms with Crippen molar-refractivity contribution in [2.24, 2.45) is 0 Å². The molecule has 1 aromatic carbocycles. The number of rotatable bonds is 6. The molecule has 2 heterocycles. The van der Waals surface area contributed by atoms with Gasteiger partial charge in [-0.05, 0) is 48.4 Å². The molecule has 6 nitrogen and oxygen atoms in total. The summed E-state index contributed by atoms with van der Waals surface area (Å²) >= 11 is 6.10. The van der Waals surface area contributed by atoms with Gasteiger partial charge in [-0.15, -0.1) is 0 Å². The SMILES string of the molecule is COc1cc(Cl)c(C)cc1NC(=O)c1ccc(NCc2ccncc2)nc1. The lowest BCUT2D eigenvalue weighted by molar-refractivity contribution is 0.102. The van der Waals surface area contributed by atoms with Crippen molar-refractivity contribution in [2.75, 3.05) is 17.7 Å². The van der Waals surface area contributed by atoms with E-state index in [1.165, 1.54) is 13.3 Å². The molecular weight excluding hydrogens is 364 g/mol. The van der Waals surface area contributed by atoms with E-state index in [1.807, 2.05) is 19.1 Å². The van der Waals surface area contributed by atoms with Crippen LogP contribution in [0.3, 0.4) is 0 Å². The van der Waals surface area contributed by atoms with Gasteiger partial charge in [0.05, 0.1) is 18.4 Å². The lowest BCUT2D eigenvalue weighted by Gasteiger charge is -2.12. The zero-order chi connectivity index (χ0) is 19.2. The van der Waals surface area contributed by atoms with Crippen molar-refractivity contribution in [1.82, 2.24) is 9.97 Å². The van der Waals surface area contributed by atoms with E-state index in [9.17, 15) is 4.79 Å². The number of aryl methyl sites for hydroxylation is 1. The number of carbonyl (C=O) groups excluding carboxylic acids is 1. The Morgan fingerprint density at radius 2 is 1.96 bits per heavy atom. The van der Waals surface area contributed by atoms with Crippen molar-refractivity contribution in [3.8, 4) is 5.75 Å². The number of halogens is 1. The topological polar surface area (TPSA) is 76.1 Å². The molecule has 3 aromatic rings. The normalized spacial score (nSPS) is 10.3.